The lowest BCUT2D eigenvalue weighted by atomic mass is 9.93. The van der Waals surface area contributed by atoms with Gasteiger partial charge in [-0.3, -0.25) is 0 Å². The zero-order valence-electron chi connectivity index (χ0n) is 36.3. The molecule has 0 aromatic heterocycles. The maximum absolute atomic E-state index is 5.87. The molecule has 5 aromatic carbocycles. The van der Waals surface area contributed by atoms with E-state index in [0.717, 1.165) is 67.5 Å². The molecule has 0 saturated carbocycles. The summed E-state index contributed by atoms with van der Waals surface area (Å²) >= 11 is 0. The summed E-state index contributed by atoms with van der Waals surface area (Å²) in [5, 5.41) is 8.06. The van der Waals surface area contributed by atoms with Crippen LogP contribution in [0.15, 0.2) is 96.3 Å². The van der Waals surface area contributed by atoms with E-state index in [1.54, 1.807) is 28.4 Å². The van der Waals surface area contributed by atoms with Gasteiger partial charge in [0.05, 0.1) is 28.4 Å². The van der Waals surface area contributed by atoms with Crippen molar-refractivity contribution in [2.75, 3.05) is 42.5 Å². The van der Waals surface area contributed by atoms with Gasteiger partial charge in [0.15, 0.2) is 0 Å². The van der Waals surface area contributed by atoms with E-state index in [1.165, 1.54) is 37.4 Å². The van der Waals surface area contributed by atoms with E-state index in [9.17, 15) is 0 Å². The third kappa shape index (κ3) is 8.18. The minimum absolute atomic E-state index is 0.0583. The van der Waals surface area contributed by atoms with Crippen molar-refractivity contribution in [1.82, 2.24) is 4.90 Å². The molecule has 0 N–H and O–H groups in total. The Morgan fingerprint density at radius 2 is 0.825 bits per heavy atom. The van der Waals surface area contributed by atoms with Gasteiger partial charge in [0, 0.05) is 12.0 Å². The highest BCUT2D eigenvalue weighted by Gasteiger charge is 2.37. The Morgan fingerprint density at radius 1 is 0.491 bits per heavy atom. The van der Waals surface area contributed by atoms with Crippen LogP contribution in [0, 0.1) is 61.3 Å². The van der Waals surface area contributed by atoms with Crippen molar-refractivity contribution in [2.45, 2.75) is 61.4 Å². The molecule has 1 aliphatic carbocycles. The fourth-order valence-corrected chi connectivity index (χ4v) is 14.9. The molecular formula is C50H59NO4P2. The van der Waals surface area contributed by atoms with Gasteiger partial charge < -0.3 is 23.8 Å². The Kier molecular flexibility index (Phi) is 13.0. The largest absolute Gasteiger partial charge is 0.496 e. The molecule has 5 nitrogen and oxygen atoms in total. The predicted octanol–water partition coefficient (Wildman–Crippen LogP) is 9.75. The Labute approximate surface area is 344 Å². The van der Waals surface area contributed by atoms with E-state index >= 15 is 0 Å². The second kappa shape index (κ2) is 17.6. The van der Waals surface area contributed by atoms with Crippen molar-refractivity contribution in [1.29, 1.82) is 0 Å². The molecule has 5 aromatic rings. The van der Waals surface area contributed by atoms with Crippen LogP contribution >= 0.6 is 15.8 Å². The summed E-state index contributed by atoms with van der Waals surface area (Å²) < 4.78 is 23.5. The summed E-state index contributed by atoms with van der Waals surface area (Å²) in [6, 6.07) is 28.0. The average Bonchev–Trinajstić information content (AvgIpc) is 3.60. The van der Waals surface area contributed by atoms with E-state index in [1.807, 2.05) is 0 Å². The molecule has 2 atom stereocenters. The molecule has 0 bridgehead atoms. The summed E-state index contributed by atoms with van der Waals surface area (Å²) in [5.74, 6) is 3.91. The highest BCUT2D eigenvalue weighted by molar-refractivity contribution is 7.80. The summed E-state index contributed by atoms with van der Waals surface area (Å²) in [7, 11) is 9.62. The lowest BCUT2D eigenvalue weighted by Gasteiger charge is -2.37. The number of methoxy groups -OCH3 is 4. The summed E-state index contributed by atoms with van der Waals surface area (Å²) in [4.78, 5) is 2.43. The van der Waals surface area contributed by atoms with Crippen LogP contribution in [0.3, 0.4) is 0 Å². The van der Waals surface area contributed by atoms with Crippen molar-refractivity contribution in [3.8, 4) is 23.0 Å². The molecule has 1 aliphatic rings. The summed E-state index contributed by atoms with van der Waals surface area (Å²) in [6.45, 7) is 17.3. The Hall–Kier alpha value is -4.40. The summed E-state index contributed by atoms with van der Waals surface area (Å²) in [5.41, 5.74) is 10.5. The summed E-state index contributed by atoms with van der Waals surface area (Å²) in [6.07, 6.45) is 7.12. The molecule has 0 amide bonds. The Bertz CT molecular complexity index is 2150. The maximum Gasteiger partial charge on any atom is 0.124 e. The van der Waals surface area contributed by atoms with Crippen LogP contribution in [0.2, 0.25) is 0 Å². The highest BCUT2D eigenvalue weighted by atomic mass is 31.1. The first-order valence-corrected chi connectivity index (χ1v) is 22.3. The van der Waals surface area contributed by atoms with Gasteiger partial charge in [-0.1, -0.05) is 42.5 Å². The standard InChI is InChI=1S/C50H59NO4P2/c1-30-22-38(23-31(2)47(30)52-11)56(39-24-32(3)48(53-12)33(4)25-39)44-20-16-15-18-42(44)46(51(9)10)43-19-17-21-45(43)57(40-26-34(5)49(54-13)35(6)27-40)41-28-36(7)50(55-14)37(8)29-41/h15-29,43,46H,1-14H3/t43-,46-/m1/s1. The maximum atomic E-state index is 5.87. The van der Waals surface area contributed by atoms with Gasteiger partial charge in [-0.2, -0.15) is 0 Å². The normalized spacial score (nSPS) is 14.4. The minimum Gasteiger partial charge on any atom is -0.496 e. The quantitative estimate of drug-likeness (QED) is 0.111. The van der Waals surface area contributed by atoms with E-state index in [4.69, 9.17) is 18.9 Å². The predicted molar refractivity (Wildman–Crippen MR) is 245 cm³/mol. The second-order valence-corrected chi connectivity index (χ2v) is 20.0. The van der Waals surface area contributed by atoms with Gasteiger partial charge in [-0.25, -0.2) is 0 Å². The van der Waals surface area contributed by atoms with Gasteiger partial charge in [-0.15, -0.1) is 0 Å². The van der Waals surface area contributed by atoms with E-state index in [2.05, 4.69) is 165 Å². The fraction of sp³-hybridized carbons (Fsp3) is 0.320. The number of ether oxygens (including phenoxy) is 4. The minimum atomic E-state index is -0.988. The Morgan fingerprint density at radius 3 is 1.16 bits per heavy atom. The molecule has 0 radical (unpaired) electrons. The second-order valence-electron chi connectivity index (χ2n) is 15.6. The molecule has 298 valence electrons. The van der Waals surface area contributed by atoms with Crippen LogP contribution in [-0.4, -0.2) is 47.4 Å². The van der Waals surface area contributed by atoms with Gasteiger partial charge in [0.25, 0.3) is 0 Å². The third-order valence-corrected chi connectivity index (χ3v) is 16.2. The fourth-order valence-electron chi connectivity index (χ4n) is 9.10. The van der Waals surface area contributed by atoms with Crippen molar-refractivity contribution in [3.63, 3.8) is 0 Å². The Balaban J connectivity index is 1.58. The number of aryl methyl sites for hydroxylation is 8. The molecule has 0 aliphatic heterocycles. The van der Waals surface area contributed by atoms with Crippen molar-refractivity contribution in [2.24, 2.45) is 5.92 Å². The van der Waals surface area contributed by atoms with Crippen LogP contribution < -0.4 is 45.5 Å². The average molecular weight is 800 g/mol. The van der Waals surface area contributed by atoms with Gasteiger partial charge in [-0.05, 0) is 216 Å². The van der Waals surface area contributed by atoms with Crippen LogP contribution in [0.4, 0.5) is 0 Å². The molecule has 0 heterocycles. The zero-order chi connectivity index (χ0) is 41.3. The van der Waals surface area contributed by atoms with Gasteiger partial charge in [0.2, 0.25) is 0 Å². The number of allylic oxidation sites excluding steroid dienone is 2. The third-order valence-electron chi connectivity index (χ3n) is 11.2. The number of nitrogens with zero attached hydrogens (tertiary/aromatic N) is 1. The number of hydrogen-bond acceptors (Lipinski definition) is 5. The smallest absolute Gasteiger partial charge is 0.124 e. The van der Waals surface area contributed by atoms with E-state index in [-0.39, 0.29) is 12.0 Å². The first kappa shape index (κ1) is 42.2. The number of rotatable bonds is 13. The lowest BCUT2D eigenvalue weighted by Crippen LogP contribution is -2.34. The molecule has 57 heavy (non-hydrogen) atoms. The van der Waals surface area contributed by atoms with Crippen LogP contribution in [-0.2, 0) is 0 Å². The van der Waals surface area contributed by atoms with E-state index < -0.39 is 15.8 Å². The number of benzene rings is 5. The van der Waals surface area contributed by atoms with Gasteiger partial charge >= 0.3 is 0 Å². The van der Waals surface area contributed by atoms with Crippen LogP contribution in [0.25, 0.3) is 0 Å². The lowest BCUT2D eigenvalue weighted by molar-refractivity contribution is 0.266. The molecule has 0 fully saturated rings. The van der Waals surface area contributed by atoms with Crippen LogP contribution in [0.5, 0.6) is 23.0 Å². The van der Waals surface area contributed by atoms with Crippen molar-refractivity contribution < 1.29 is 18.9 Å². The molecule has 0 saturated heterocycles. The molecule has 0 unspecified atom stereocenters. The molecule has 7 heteroatoms. The zero-order valence-corrected chi connectivity index (χ0v) is 38.1. The van der Waals surface area contributed by atoms with Crippen molar-refractivity contribution >= 4 is 42.4 Å². The SMILES string of the molecule is COc1c(C)cc(P(C2=CC=C[C@H]2[C@@H](c2ccccc2P(c2cc(C)c(OC)c(C)c2)c2cc(C)c(OC)c(C)c2)N(C)C)c2cc(C)c(OC)c(C)c2)cc1C. The monoisotopic (exact) mass is 799 g/mol. The topological polar surface area (TPSA) is 40.2 Å². The van der Waals surface area contributed by atoms with Crippen LogP contribution in [0.1, 0.15) is 56.1 Å². The highest BCUT2D eigenvalue weighted by Crippen LogP contribution is 2.55. The first-order chi connectivity index (χ1) is 27.2. The van der Waals surface area contributed by atoms with Crippen molar-refractivity contribution in [3.05, 3.63) is 146 Å². The molecule has 0 spiro atoms. The van der Waals surface area contributed by atoms with Gasteiger partial charge in [0.1, 0.15) is 23.0 Å². The number of hydrogen-bond donors (Lipinski definition) is 0. The first-order valence-electron chi connectivity index (χ1n) is 19.6. The molecular weight excluding hydrogens is 741 g/mol. The molecule has 6 rings (SSSR count). The van der Waals surface area contributed by atoms with E-state index in [0.29, 0.717) is 0 Å².